The van der Waals surface area contributed by atoms with Gasteiger partial charge in [-0.3, -0.25) is 0 Å². The highest BCUT2D eigenvalue weighted by Gasteiger charge is 2.34. The molecule has 1 aromatic carbocycles. The number of benzene rings is 1. The highest BCUT2D eigenvalue weighted by molar-refractivity contribution is 7.89. The first-order chi connectivity index (χ1) is 8.84. The Morgan fingerprint density at radius 3 is 2.60 bits per heavy atom. The summed E-state index contributed by atoms with van der Waals surface area (Å²) in [6.07, 6.45) is 0. The SMILES string of the molecule is Cc1cc(S(=O)(=O)N2CCNC(C)C2C)ccc1F.Cl. The number of hydrogen-bond donors (Lipinski definition) is 1. The van der Waals surface area contributed by atoms with E-state index in [1.165, 1.54) is 22.5 Å². The predicted octanol–water partition coefficient (Wildman–Crippen LogP) is 1.93. The van der Waals surface area contributed by atoms with E-state index in [9.17, 15) is 12.8 Å². The molecule has 2 rings (SSSR count). The highest BCUT2D eigenvalue weighted by atomic mass is 35.5. The van der Waals surface area contributed by atoms with Crippen LogP contribution in [0.1, 0.15) is 19.4 Å². The maximum Gasteiger partial charge on any atom is 0.243 e. The molecule has 1 N–H and O–H groups in total. The second-order valence-corrected chi connectivity index (χ2v) is 6.90. The molecule has 0 saturated carbocycles. The van der Waals surface area contributed by atoms with E-state index in [-0.39, 0.29) is 35.2 Å². The van der Waals surface area contributed by atoms with Gasteiger partial charge in [-0.15, -0.1) is 12.4 Å². The summed E-state index contributed by atoms with van der Waals surface area (Å²) in [5, 5.41) is 3.24. The van der Waals surface area contributed by atoms with Crippen molar-refractivity contribution in [3.8, 4) is 0 Å². The minimum Gasteiger partial charge on any atom is -0.311 e. The minimum atomic E-state index is -3.56. The van der Waals surface area contributed by atoms with E-state index in [1.807, 2.05) is 13.8 Å². The second-order valence-electron chi connectivity index (χ2n) is 5.01. The first kappa shape index (κ1) is 17.4. The number of halogens is 2. The van der Waals surface area contributed by atoms with Crippen molar-refractivity contribution < 1.29 is 12.8 Å². The Morgan fingerprint density at radius 1 is 1.35 bits per heavy atom. The quantitative estimate of drug-likeness (QED) is 0.905. The van der Waals surface area contributed by atoms with Crippen molar-refractivity contribution in [1.82, 2.24) is 9.62 Å². The van der Waals surface area contributed by atoms with Crippen LogP contribution in [0.4, 0.5) is 4.39 Å². The summed E-state index contributed by atoms with van der Waals surface area (Å²) in [6, 6.07) is 3.91. The third-order valence-corrected chi connectivity index (χ3v) is 5.69. The molecule has 0 aromatic heterocycles. The van der Waals surface area contributed by atoms with Crippen LogP contribution in [-0.2, 0) is 10.0 Å². The number of aryl methyl sites for hydroxylation is 1. The van der Waals surface area contributed by atoms with Crippen molar-refractivity contribution >= 4 is 22.4 Å². The third kappa shape index (κ3) is 3.14. The lowest BCUT2D eigenvalue weighted by Crippen LogP contribution is -2.57. The number of sulfonamides is 1. The van der Waals surface area contributed by atoms with Crippen molar-refractivity contribution in [2.45, 2.75) is 37.8 Å². The number of hydrogen-bond acceptors (Lipinski definition) is 3. The molecular formula is C13H20ClFN2O2S. The second kappa shape index (κ2) is 6.39. The topological polar surface area (TPSA) is 49.4 Å². The fraction of sp³-hybridized carbons (Fsp3) is 0.538. The molecule has 0 bridgehead atoms. The Morgan fingerprint density at radius 2 is 2.00 bits per heavy atom. The molecule has 1 aromatic rings. The van der Waals surface area contributed by atoms with Gasteiger partial charge in [0.1, 0.15) is 5.82 Å². The molecule has 1 heterocycles. The first-order valence-corrected chi connectivity index (χ1v) is 7.79. The van der Waals surface area contributed by atoms with Crippen LogP contribution in [0.5, 0.6) is 0 Å². The Hall–Kier alpha value is -0.690. The smallest absolute Gasteiger partial charge is 0.243 e. The van der Waals surface area contributed by atoms with E-state index >= 15 is 0 Å². The summed E-state index contributed by atoms with van der Waals surface area (Å²) in [7, 11) is -3.56. The Kier molecular flexibility index (Phi) is 5.54. The van der Waals surface area contributed by atoms with E-state index in [2.05, 4.69) is 5.32 Å². The van der Waals surface area contributed by atoms with Gasteiger partial charge in [-0.2, -0.15) is 4.31 Å². The standard InChI is InChI=1S/C13H19FN2O2S.ClH/c1-9-8-12(4-5-13(9)14)19(17,18)16-7-6-15-10(2)11(16)3;/h4-5,8,10-11,15H,6-7H2,1-3H3;1H. The van der Waals surface area contributed by atoms with Crippen LogP contribution in [0.2, 0.25) is 0 Å². The molecule has 20 heavy (non-hydrogen) atoms. The number of piperazine rings is 1. The molecular weight excluding hydrogens is 303 g/mol. The van der Waals surface area contributed by atoms with Gasteiger partial charge in [0, 0.05) is 25.2 Å². The fourth-order valence-electron chi connectivity index (χ4n) is 2.28. The van der Waals surface area contributed by atoms with E-state index < -0.39 is 10.0 Å². The monoisotopic (exact) mass is 322 g/mol. The van der Waals surface area contributed by atoms with Crippen LogP contribution >= 0.6 is 12.4 Å². The van der Waals surface area contributed by atoms with Gasteiger partial charge in [-0.05, 0) is 44.5 Å². The van der Waals surface area contributed by atoms with Crippen LogP contribution in [-0.4, -0.2) is 37.9 Å². The number of rotatable bonds is 2. The van der Waals surface area contributed by atoms with E-state index in [1.54, 1.807) is 6.92 Å². The number of nitrogens with one attached hydrogen (secondary N) is 1. The van der Waals surface area contributed by atoms with Crippen molar-refractivity contribution in [2.24, 2.45) is 0 Å². The molecule has 114 valence electrons. The Labute approximate surface area is 125 Å². The molecule has 1 saturated heterocycles. The molecule has 1 fully saturated rings. The predicted molar refractivity (Wildman–Crippen MR) is 79.2 cm³/mol. The summed E-state index contributed by atoms with van der Waals surface area (Å²) < 4.78 is 39.9. The van der Waals surface area contributed by atoms with E-state index in [0.29, 0.717) is 18.7 Å². The molecule has 1 aliphatic rings. The zero-order chi connectivity index (χ0) is 14.2. The molecule has 7 heteroatoms. The zero-order valence-corrected chi connectivity index (χ0v) is 13.4. The van der Waals surface area contributed by atoms with Crippen molar-refractivity contribution in [1.29, 1.82) is 0 Å². The summed E-state index contributed by atoms with van der Waals surface area (Å²) in [5.41, 5.74) is 0.344. The maximum absolute atomic E-state index is 13.2. The molecule has 2 unspecified atom stereocenters. The van der Waals surface area contributed by atoms with Gasteiger partial charge in [-0.1, -0.05) is 0 Å². The molecule has 0 aliphatic carbocycles. The zero-order valence-electron chi connectivity index (χ0n) is 11.8. The average molecular weight is 323 g/mol. The van der Waals surface area contributed by atoms with Gasteiger partial charge in [0.25, 0.3) is 0 Å². The van der Waals surface area contributed by atoms with Gasteiger partial charge in [0.05, 0.1) is 4.90 Å². The van der Waals surface area contributed by atoms with Crippen LogP contribution in [0.3, 0.4) is 0 Å². The number of nitrogens with zero attached hydrogens (tertiary/aromatic N) is 1. The summed E-state index contributed by atoms with van der Waals surface area (Å²) >= 11 is 0. The average Bonchev–Trinajstić information content (AvgIpc) is 2.35. The van der Waals surface area contributed by atoms with Crippen molar-refractivity contribution in [2.75, 3.05) is 13.1 Å². The maximum atomic E-state index is 13.2. The summed E-state index contributed by atoms with van der Waals surface area (Å²) in [6.45, 7) is 6.47. The minimum absolute atomic E-state index is 0. The van der Waals surface area contributed by atoms with Crippen LogP contribution in [0.15, 0.2) is 23.1 Å². The van der Waals surface area contributed by atoms with Crippen molar-refractivity contribution in [3.05, 3.63) is 29.6 Å². The van der Waals surface area contributed by atoms with Gasteiger partial charge in [0.15, 0.2) is 0 Å². The lowest BCUT2D eigenvalue weighted by atomic mass is 10.1. The lowest BCUT2D eigenvalue weighted by molar-refractivity contribution is 0.233. The van der Waals surface area contributed by atoms with Crippen LogP contribution in [0, 0.1) is 12.7 Å². The van der Waals surface area contributed by atoms with Crippen LogP contribution < -0.4 is 5.32 Å². The molecule has 1 aliphatic heterocycles. The largest absolute Gasteiger partial charge is 0.311 e. The molecule has 2 atom stereocenters. The Bertz CT molecular complexity index is 580. The summed E-state index contributed by atoms with van der Waals surface area (Å²) in [5.74, 6) is -0.388. The highest BCUT2D eigenvalue weighted by Crippen LogP contribution is 2.23. The van der Waals surface area contributed by atoms with E-state index in [0.717, 1.165) is 0 Å². The first-order valence-electron chi connectivity index (χ1n) is 6.35. The van der Waals surface area contributed by atoms with E-state index in [4.69, 9.17) is 0 Å². The Balaban J connectivity index is 0.00000200. The van der Waals surface area contributed by atoms with Gasteiger partial charge >= 0.3 is 0 Å². The normalized spacial score (nSPS) is 24.2. The summed E-state index contributed by atoms with van der Waals surface area (Å²) in [4.78, 5) is 0.160. The fourth-order valence-corrected chi connectivity index (χ4v) is 4.07. The van der Waals surface area contributed by atoms with Gasteiger partial charge < -0.3 is 5.32 Å². The van der Waals surface area contributed by atoms with Crippen molar-refractivity contribution in [3.63, 3.8) is 0 Å². The van der Waals surface area contributed by atoms with Gasteiger partial charge in [-0.25, -0.2) is 12.8 Å². The molecule has 4 nitrogen and oxygen atoms in total. The molecule has 0 radical (unpaired) electrons. The van der Waals surface area contributed by atoms with Gasteiger partial charge in [0.2, 0.25) is 10.0 Å². The lowest BCUT2D eigenvalue weighted by Gasteiger charge is -2.37. The molecule has 0 amide bonds. The molecule has 0 spiro atoms. The van der Waals surface area contributed by atoms with Crippen LogP contribution in [0.25, 0.3) is 0 Å². The third-order valence-electron chi connectivity index (χ3n) is 3.71.